The predicted molar refractivity (Wildman–Crippen MR) is 54.5 cm³/mol. The Labute approximate surface area is 87.4 Å². The fraction of sp³-hybridized carbons (Fsp3) is 0.400. The van der Waals surface area contributed by atoms with Gasteiger partial charge in [-0.15, -0.1) is 0 Å². The Hall–Kier alpha value is -0.770. The zero-order valence-corrected chi connectivity index (χ0v) is 8.42. The van der Waals surface area contributed by atoms with E-state index in [4.69, 9.17) is 22.1 Å². The standard InChI is InChI=1S/C10H12ClNO2/c11-8-3-1-2-7-9(8)14-5-4-10(7,12)6-13/h1-3,13H,4-6,12H2/t10-/m0/s1. The molecule has 2 rings (SSSR count). The summed E-state index contributed by atoms with van der Waals surface area (Å²) in [5.41, 5.74) is 6.13. The maximum atomic E-state index is 9.26. The van der Waals surface area contributed by atoms with E-state index in [1.807, 2.05) is 12.1 Å². The molecule has 0 fully saturated rings. The number of hydrogen-bond acceptors (Lipinski definition) is 3. The van der Waals surface area contributed by atoms with Gasteiger partial charge in [0.15, 0.2) is 0 Å². The van der Waals surface area contributed by atoms with Crippen LogP contribution in [0.2, 0.25) is 5.02 Å². The summed E-state index contributed by atoms with van der Waals surface area (Å²) in [5.74, 6) is 0.608. The Morgan fingerprint density at radius 1 is 1.57 bits per heavy atom. The van der Waals surface area contributed by atoms with Crippen molar-refractivity contribution in [2.24, 2.45) is 5.73 Å². The summed E-state index contributed by atoms with van der Waals surface area (Å²) in [7, 11) is 0. The first-order valence-electron chi connectivity index (χ1n) is 4.49. The van der Waals surface area contributed by atoms with E-state index in [-0.39, 0.29) is 6.61 Å². The smallest absolute Gasteiger partial charge is 0.143 e. The van der Waals surface area contributed by atoms with Crippen LogP contribution in [0.3, 0.4) is 0 Å². The molecule has 1 heterocycles. The number of para-hydroxylation sites is 1. The average molecular weight is 214 g/mol. The maximum Gasteiger partial charge on any atom is 0.143 e. The fourth-order valence-electron chi connectivity index (χ4n) is 1.68. The van der Waals surface area contributed by atoms with E-state index >= 15 is 0 Å². The molecule has 0 spiro atoms. The van der Waals surface area contributed by atoms with Gasteiger partial charge in [0.05, 0.1) is 23.8 Å². The van der Waals surface area contributed by atoms with E-state index in [0.717, 1.165) is 5.56 Å². The number of nitrogens with two attached hydrogens (primary N) is 1. The number of fused-ring (bicyclic) bond motifs is 1. The van der Waals surface area contributed by atoms with E-state index < -0.39 is 5.54 Å². The molecule has 1 atom stereocenters. The Morgan fingerprint density at radius 2 is 2.36 bits per heavy atom. The van der Waals surface area contributed by atoms with E-state index in [2.05, 4.69) is 0 Å². The topological polar surface area (TPSA) is 55.5 Å². The molecular weight excluding hydrogens is 202 g/mol. The largest absolute Gasteiger partial charge is 0.492 e. The van der Waals surface area contributed by atoms with Crippen molar-refractivity contribution in [2.75, 3.05) is 13.2 Å². The Balaban J connectivity index is 2.55. The third-order valence-corrected chi connectivity index (χ3v) is 2.88. The van der Waals surface area contributed by atoms with Crippen LogP contribution in [0, 0.1) is 0 Å². The molecule has 0 aliphatic carbocycles. The number of benzene rings is 1. The summed E-state index contributed by atoms with van der Waals surface area (Å²) >= 11 is 5.96. The molecule has 3 nitrogen and oxygen atoms in total. The third-order valence-electron chi connectivity index (χ3n) is 2.58. The highest BCUT2D eigenvalue weighted by atomic mass is 35.5. The molecule has 0 amide bonds. The van der Waals surface area contributed by atoms with Crippen LogP contribution >= 0.6 is 11.6 Å². The first kappa shape index (κ1) is 9.77. The van der Waals surface area contributed by atoms with E-state index in [1.54, 1.807) is 6.07 Å². The van der Waals surface area contributed by atoms with Crippen molar-refractivity contribution in [3.05, 3.63) is 28.8 Å². The Morgan fingerprint density at radius 3 is 3.07 bits per heavy atom. The molecule has 0 aromatic heterocycles. The van der Waals surface area contributed by atoms with Gasteiger partial charge in [-0.05, 0) is 6.07 Å². The molecule has 0 saturated heterocycles. The quantitative estimate of drug-likeness (QED) is 0.739. The molecule has 1 aromatic carbocycles. The molecule has 0 saturated carbocycles. The minimum atomic E-state index is -0.710. The number of halogens is 1. The maximum absolute atomic E-state index is 9.26. The number of rotatable bonds is 1. The molecule has 3 N–H and O–H groups in total. The van der Waals surface area contributed by atoms with Gasteiger partial charge in [0.25, 0.3) is 0 Å². The second-order valence-corrected chi connectivity index (χ2v) is 3.94. The summed E-state index contributed by atoms with van der Waals surface area (Å²) in [6.45, 7) is 0.400. The lowest BCUT2D eigenvalue weighted by Gasteiger charge is -2.34. The van der Waals surface area contributed by atoms with Gasteiger partial charge in [0.1, 0.15) is 5.75 Å². The van der Waals surface area contributed by atoms with Gasteiger partial charge in [-0.1, -0.05) is 23.7 Å². The van der Waals surface area contributed by atoms with E-state index in [9.17, 15) is 5.11 Å². The SMILES string of the molecule is N[C@]1(CO)CCOc2c(Cl)cccc21. The molecule has 1 aliphatic rings. The van der Waals surface area contributed by atoms with Crippen molar-refractivity contribution in [3.8, 4) is 5.75 Å². The number of hydrogen-bond donors (Lipinski definition) is 2. The lowest BCUT2D eigenvalue weighted by Crippen LogP contribution is -2.44. The second kappa shape index (κ2) is 3.42. The van der Waals surface area contributed by atoms with Crippen molar-refractivity contribution in [3.63, 3.8) is 0 Å². The average Bonchev–Trinajstić information content (AvgIpc) is 2.20. The molecule has 14 heavy (non-hydrogen) atoms. The molecule has 0 radical (unpaired) electrons. The molecule has 4 heteroatoms. The van der Waals surface area contributed by atoms with Gasteiger partial charge in [-0.25, -0.2) is 0 Å². The van der Waals surface area contributed by atoms with Crippen LogP contribution in [0.4, 0.5) is 0 Å². The van der Waals surface area contributed by atoms with E-state index in [1.165, 1.54) is 0 Å². The van der Waals surface area contributed by atoms with Gasteiger partial charge in [0, 0.05) is 12.0 Å². The summed E-state index contributed by atoms with van der Waals surface area (Å²) in [6, 6.07) is 5.41. The zero-order chi connectivity index (χ0) is 10.2. The van der Waals surface area contributed by atoms with Crippen LogP contribution in [0.25, 0.3) is 0 Å². The van der Waals surface area contributed by atoms with Crippen LogP contribution in [-0.4, -0.2) is 18.3 Å². The molecule has 0 bridgehead atoms. The fourth-order valence-corrected chi connectivity index (χ4v) is 1.91. The van der Waals surface area contributed by atoms with Crippen LogP contribution in [-0.2, 0) is 5.54 Å². The highest BCUT2D eigenvalue weighted by molar-refractivity contribution is 6.32. The highest BCUT2D eigenvalue weighted by Crippen LogP contribution is 2.39. The van der Waals surface area contributed by atoms with Crippen molar-refractivity contribution < 1.29 is 9.84 Å². The minimum Gasteiger partial charge on any atom is -0.492 e. The molecule has 1 aliphatic heterocycles. The highest BCUT2D eigenvalue weighted by Gasteiger charge is 2.34. The lowest BCUT2D eigenvalue weighted by atomic mass is 9.86. The third kappa shape index (κ3) is 1.38. The summed E-state index contributed by atoms with van der Waals surface area (Å²) < 4.78 is 5.43. The second-order valence-electron chi connectivity index (χ2n) is 3.53. The zero-order valence-electron chi connectivity index (χ0n) is 7.66. The Kier molecular flexibility index (Phi) is 2.39. The minimum absolute atomic E-state index is 0.0935. The molecular formula is C10H12ClNO2. The monoisotopic (exact) mass is 213 g/mol. The Bertz CT molecular complexity index is 356. The lowest BCUT2D eigenvalue weighted by molar-refractivity contribution is 0.138. The van der Waals surface area contributed by atoms with E-state index in [0.29, 0.717) is 23.8 Å². The predicted octanol–water partition coefficient (Wildman–Crippen LogP) is 1.27. The number of ether oxygens (including phenoxy) is 1. The summed E-state index contributed by atoms with van der Waals surface area (Å²) in [5, 5.41) is 9.81. The first-order valence-corrected chi connectivity index (χ1v) is 4.87. The molecule has 0 unspecified atom stereocenters. The van der Waals surface area contributed by atoms with Crippen molar-refractivity contribution in [1.82, 2.24) is 0 Å². The van der Waals surface area contributed by atoms with Crippen LogP contribution in [0.1, 0.15) is 12.0 Å². The normalized spacial score (nSPS) is 25.4. The van der Waals surface area contributed by atoms with Gasteiger partial charge in [-0.3, -0.25) is 0 Å². The first-order chi connectivity index (χ1) is 6.67. The summed E-state index contributed by atoms with van der Waals surface area (Å²) in [6.07, 6.45) is 0.608. The summed E-state index contributed by atoms with van der Waals surface area (Å²) in [4.78, 5) is 0. The van der Waals surface area contributed by atoms with Crippen molar-refractivity contribution in [1.29, 1.82) is 0 Å². The van der Waals surface area contributed by atoms with Crippen molar-refractivity contribution in [2.45, 2.75) is 12.0 Å². The number of aliphatic hydroxyl groups is 1. The van der Waals surface area contributed by atoms with Gasteiger partial charge >= 0.3 is 0 Å². The van der Waals surface area contributed by atoms with Crippen molar-refractivity contribution >= 4 is 11.6 Å². The van der Waals surface area contributed by atoms with Gasteiger partial charge in [0.2, 0.25) is 0 Å². The number of aliphatic hydroxyl groups excluding tert-OH is 1. The van der Waals surface area contributed by atoms with Gasteiger partial charge in [-0.2, -0.15) is 0 Å². The van der Waals surface area contributed by atoms with Crippen LogP contribution in [0.5, 0.6) is 5.75 Å². The molecule has 76 valence electrons. The molecule has 1 aromatic rings. The van der Waals surface area contributed by atoms with Gasteiger partial charge < -0.3 is 15.6 Å². The van der Waals surface area contributed by atoms with Crippen LogP contribution in [0.15, 0.2) is 18.2 Å². The van der Waals surface area contributed by atoms with Crippen LogP contribution < -0.4 is 10.5 Å².